The second-order valence-corrected chi connectivity index (χ2v) is 4.26. The van der Waals surface area contributed by atoms with E-state index in [9.17, 15) is 14.4 Å². The van der Waals surface area contributed by atoms with Crippen molar-refractivity contribution in [2.75, 3.05) is 19.7 Å². The summed E-state index contributed by atoms with van der Waals surface area (Å²) in [5, 5.41) is 22.6. The van der Waals surface area contributed by atoms with Crippen LogP contribution in [0.3, 0.4) is 0 Å². The summed E-state index contributed by atoms with van der Waals surface area (Å²) in [5.74, 6) is -1.45. The molecule has 2 atom stereocenters. The number of hydrogen-bond acceptors (Lipinski definition) is 4. The molecule has 1 rings (SSSR count). The molecule has 1 heterocycles. The highest BCUT2D eigenvalue weighted by Crippen LogP contribution is 2.09. The minimum atomic E-state index is -1.21. The van der Waals surface area contributed by atoms with Crippen molar-refractivity contribution >= 4 is 17.9 Å². The zero-order valence-electron chi connectivity index (χ0n) is 10.8. The fraction of sp³-hybridized carbons (Fsp3) is 0.727. The Bertz CT molecular complexity index is 360. The summed E-state index contributed by atoms with van der Waals surface area (Å²) in [6, 6.07) is -2.33. The summed E-state index contributed by atoms with van der Waals surface area (Å²) in [7, 11) is 0. The Balaban J connectivity index is 2.69. The first-order valence-electron chi connectivity index (χ1n) is 6.19. The van der Waals surface area contributed by atoms with Crippen molar-refractivity contribution < 1.29 is 24.6 Å². The molecule has 1 fully saturated rings. The molecule has 0 radical (unpaired) electrons. The van der Waals surface area contributed by atoms with Crippen LogP contribution in [0, 0.1) is 0 Å². The van der Waals surface area contributed by atoms with Gasteiger partial charge in [0.2, 0.25) is 5.91 Å². The van der Waals surface area contributed by atoms with Gasteiger partial charge in [-0.25, -0.2) is 9.59 Å². The number of carbonyl (C=O) groups is 3. The average Bonchev–Trinajstić information content (AvgIpc) is 2.37. The van der Waals surface area contributed by atoms with Crippen LogP contribution < -0.4 is 10.6 Å². The number of carboxylic acid groups (broad SMARTS) is 1. The van der Waals surface area contributed by atoms with Crippen LogP contribution in [-0.4, -0.2) is 64.8 Å². The molecule has 1 aliphatic rings. The predicted octanol–water partition coefficient (Wildman–Crippen LogP) is -1.26. The Labute approximate surface area is 110 Å². The quantitative estimate of drug-likeness (QED) is 0.498. The van der Waals surface area contributed by atoms with Gasteiger partial charge < -0.3 is 25.7 Å². The van der Waals surface area contributed by atoms with Crippen LogP contribution >= 0.6 is 0 Å². The number of rotatable bonds is 5. The summed E-state index contributed by atoms with van der Waals surface area (Å²) in [4.78, 5) is 35.8. The molecule has 0 aromatic carbocycles. The molecule has 1 saturated heterocycles. The van der Waals surface area contributed by atoms with Crippen LogP contribution in [0.2, 0.25) is 0 Å². The van der Waals surface area contributed by atoms with E-state index in [0.717, 1.165) is 0 Å². The number of aliphatic carboxylic acids is 1. The van der Waals surface area contributed by atoms with Gasteiger partial charge in [0.1, 0.15) is 12.1 Å². The third-order valence-corrected chi connectivity index (χ3v) is 2.99. The second-order valence-electron chi connectivity index (χ2n) is 4.26. The van der Waals surface area contributed by atoms with Gasteiger partial charge in [-0.2, -0.15) is 0 Å². The number of carboxylic acids is 1. The molecular weight excluding hydrogens is 254 g/mol. The molecule has 8 nitrogen and oxygen atoms in total. The molecule has 0 aromatic rings. The van der Waals surface area contributed by atoms with Crippen molar-refractivity contribution in [3.63, 3.8) is 0 Å². The number of piperazine rings is 1. The van der Waals surface area contributed by atoms with Crippen LogP contribution in [0.4, 0.5) is 4.79 Å². The third-order valence-electron chi connectivity index (χ3n) is 2.99. The summed E-state index contributed by atoms with van der Waals surface area (Å²) < 4.78 is 0. The number of hydrogen-bond donors (Lipinski definition) is 4. The number of urea groups is 1. The number of aliphatic hydroxyl groups is 1. The average molecular weight is 273 g/mol. The Morgan fingerprint density at radius 2 is 2.26 bits per heavy atom. The lowest BCUT2D eigenvalue weighted by Crippen LogP contribution is -2.60. The summed E-state index contributed by atoms with van der Waals surface area (Å²) in [6.45, 7) is 2.12. The molecule has 2 unspecified atom stereocenters. The lowest BCUT2D eigenvalue weighted by molar-refractivity contribution is -0.139. The first-order chi connectivity index (χ1) is 9.01. The van der Waals surface area contributed by atoms with Crippen LogP contribution in [0.5, 0.6) is 0 Å². The van der Waals surface area contributed by atoms with Gasteiger partial charge >= 0.3 is 12.0 Å². The first-order valence-corrected chi connectivity index (χ1v) is 6.19. The summed E-state index contributed by atoms with van der Waals surface area (Å²) >= 11 is 0. The summed E-state index contributed by atoms with van der Waals surface area (Å²) in [5.41, 5.74) is 0. The van der Waals surface area contributed by atoms with Crippen LogP contribution in [0.25, 0.3) is 0 Å². The van der Waals surface area contributed by atoms with E-state index in [4.69, 9.17) is 10.2 Å². The fourth-order valence-electron chi connectivity index (χ4n) is 1.98. The Kier molecular flexibility index (Phi) is 5.56. The maximum Gasteiger partial charge on any atom is 0.326 e. The van der Waals surface area contributed by atoms with Gasteiger partial charge in [0.15, 0.2) is 0 Å². The molecule has 8 heteroatoms. The molecule has 108 valence electrons. The molecular formula is C11H19N3O5. The fourth-order valence-corrected chi connectivity index (χ4v) is 1.98. The number of carbonyl (C=O) groups excluding carboxylic acids is 2. The van der Waals surface area contributed by atoms with Crippen LogP contribution in [0.15, 0.2) is 0 Å². The molecule has 0 saturated carbocycles. The van der Waals surface area contributed by atoms with Gasteiger partial charge in [-0.1, -0.05) is 6.92 Å². The first kappa shape index (κ1) is 15.2. The number of amides is 3. The van der Waals surface area contributed by atoms with Gasteiger partial charge in [-0.15, -0.1) is 0 Å². The highest BCUT2D eigenvalue weighted by molar-refractivity contribution is 5.89. The highest BCUT2D eigenvalue weighted by Gasteiger charge is 2.33. The van der Waals surface area contributed by atoms with E-state index in [1.54, 1.807) is 6.92 Å². The van der Waals surface area contributed by atoms with E-state index in [0.29, 0.717) is 19.5 Å². The zero-order chi connectivity index (χ0) is 14.4. The van der Waals surface area contributed by atoms with Crippen molar-refractivity contribution in [1.29, 1.82) is 0 Å². The molecule has 0 aliphatic carbocycles. The molecule has 0 spiro atoms. The Hall–Kier alpha value is -1.83. The van der Waals surface area contributed by atoms with Crippen molar-refractivity contribution in [2.24, 2.45) is 0 Å². The van der Waals surface area contributed by atoms with E-state index in [1.807, 2.05) is 0 Å². The van der Waals surface area contributed by atoms with Crippen molar-refractivity contribution in [2.45, 2.75) is 31.8 Å². The summed E-state index contributed by atoms with van der Waals surface area (Å²) in [6.07, 6.45) is 0.384. The van der Waals surface area contributed by atoms with Gasteiger partial charge in [-0.05, 0) is 6.42 Å². The lowest BCUT2D eigenvalue weighted by atomic mass is 10.1. The molecule has 0 aromatic heterocycles. The molecule has 1 aliphatic heterocycles. The molecule has 4 N–H and O–H groups in total. The van der Waals surface area contributed by atoms with Gasteiger partial charge in [-0.3, -0.25) is 4.79 Å². The van der Waals surface area contributed by atoms with Gasteiger partial charge in [0.05, 0.1) is 0 Å². The topological polar surface area (TPSA) is 119 Å². The minimum absolute atomic E-state index is 0.0715. The van der Waals surface area contributed by atoms with Crippen molar-refractivity contribution in [3.8, 4) is 0 Å². The highest BCUT2D eigenvalue weighted by atomic mass is 16.4. The number of nitrogens with one attached hydrogen (secondary N) is 2. The smallest absolute Gasteiger partial charge is 0.326 e. The van der Waals surface area contributed by atoms with Gasteiger partial charge in [0.25, 0.3) is 0 Å². The van der Waals surface area contributed by atoms with E-state index in [-0.39, 0.29) is 18.9 Å². The number of aliphatic hydroxyl groups excluding tert-OH is 1. The Morgan fingerprint density at radius 3 is 2.79 bits per heavy atom. The second kappa shape index (κ2) is 6.93. The van der Waals surface area contributed by atoms with Crippen LogP contribution in [0.1, 0.15) is 19.8 Å². The maximum absolute atomic E-state index is 12.0. The normalized spacial score (nSPS) is 20.6. The lowest BCUT2D eigenvalue weighted by Gasteiger charge is -2.35. The zero-order valence-corrected chi connectivity index (χ0v) is 10.8. The molecule has 19 heavy (non-hydrogen) atoms. The van der Waals surface area contributed by atoms with Gasteiger partial charge in [0, 0.05) is 26.1 Å². The van der Waals surface area contributed by atoms with Crippen LogP contribution in [-0.2, 0) is 9.59 Å². The molecule has 0 bridgehead atoms. The van der Waals surface area contributed by atoms with Crippen molar-refractivity contribution in [1.82, 2.24) is 15.5 Å². The SMILES string of the molecule is CCC1C(=O)NCCN1C(=O)NC(CCO)C(=O)O. The van der Waals surface area contributed by atoms with Crippen molar-refractivity contribution in [3.05, 3.63) is 0 Å². The molecule has 3 amide bonds. The van der Waals surface area contributed by atoms with E-state index >= 15 is 0 Å². The number of nitrogens with zero attached hydrogens (tertiary/aromatic N) is 1. The van der Waals surface area contributed by atoms with E-state index < -0.39 is 24.1 Å². The largest absolute Gasteiger partial charge is 0.480 e. The van der Waals surface area contributed by atoms with E-state index in [1.165, 1.54) is 4.90 Å². The minimum Gasteiger partial charge on any atom is -0.480 e. The third kappa shape index (κ3) is 3.82. The maximum atomic E-state index is 12.0. The predicted molar refractivity (Wildman–Crippen MR) is 65.5 cm³/mol. The monoisotopic (exact) mass is 273 g/mol. The van der Waals surface area contributed by atoms with E-state index in [2.05, 4.69) is 10.6 Å². The Morgan fingerprint density at radius 1 is 1.58 bits per heavy atom. The standard InChI is InChI=1S/C11H19N3O5/c1-2-8-9(16)12-4-5-14(8)11(19)13-7(3-6-15)10(17)18/h7-8,15H,2-6H2,1H3,(H,12,16)(H,13,19)(H,17,18).